The SMILES string of the molecule is O=C(NC1CCCC1)c1ccc(C=C2Oc3ccccc3N(Cc3ccc(Cl)cc3)C2=O)cc1. The third-order valence-corrected chi connectivity index (χ3v) is 6.50. The number of rotatable bonds is 5. The zero-order valence-corrected chi connectivity index (χ0v) is 19.4. The van der Waals surface area contributed by atoms with E-state index in [-0.39, 0.29) is 23.6 Å². The molecular weight excluding hydrogens is 448 g/mol. The number of nitrogens with one attached hydrogen (secondary N) is 1. The van der Waals surface area contributed by atoms with Crippen molar-refractivity contribution >= 4 is 35.2 Å². The van der Waals surface area contributed by atoms with E-state index in [0.717, 1.165) is 29.7 Å². The summed E-state index contributed by atoms with van der Waals surface area (Å²) in [5, 5.41) is 3.75. The zero-order chi connectivity index (χ0) is 23.5. The van der Waals surface area contributed by atoms with Crippen LogP contribution in [-0.2, 0) is 11.3 Å². The number of nitrogens with zero attached hydrogens (tertiary/aromatic N) is 1. The molecule has 1 saturated carbocycles. The number of para-hydroxylation sites is 2. The average Bonchev–Trinajstić information content (AvgIpc) is 3.36. The molecule has 1 aliphatic carbocycles. The summed E-state index contributed by atoms with van der Waals surface area (Å²) in [7, 11) is 0. The van der Waals surface area contributed by atoms with Gasteiger partial charge in [-0.3, -0.25) is 14.5 Å². The Morgan fingerprint density at radius 3 is 2.44 bits per heavy atom. The smallest absolute Gasteiger partial charge is 0.294 e. The maximum absolute atomic E-state index is 13.4. The van der Waals surface area contributed by atoms with Crippen LogP contribution in [0, 0.1) is 0 Å². The Kier molecular flexibility index (Phi) is 6.37. The first-order chi connectivity index (χ1) is 16.6. The first kappa shape index (κ1) is 22.2. The molecule has 5 rings (SSSR count). The maximum Gasteiger partial charge on any atom is 0.294 e. The Bertz CT molecular complexity index is 1230. The molecule has 0 radical (unpaired) electrons. The van der Waals surface area contributed by atoms with Gasteiger partial charge in [-0.05, 0) is 66.4 Å². The minimum absolute atomic E-state index is 0.0563. The Labute approximate surface area is 204 Å². The maximum atomic E-state index is 13.4. The van der Waals surface area contributed by atoms with Gasteiger partial charge in [-0.1, -0.05) is 60.8 Å². The van der Waals surface area contributed by atoms with Crippen molar-refractivity contribution in [2.24, 2.45) is 0 Å². The van der Waals surface area contributed by atoms with Gasteiger partial charge in [-0.25, -0.2) is 0 Å². The highest BCUT2D eigenvalue weighted by Crippen LogP contribution is 2.36. The number of amides is 2. The molecule has 1 aliphatic heterocycles. The number of anilines is 1. The van der Waals surface area contributed by atoms with Crippen LogP contribution in [0.25, 0.3) is 6.08 Å². The van der Waals surface area contributed by atoms with Gasteiger partial charge in [0.15, 0.2) is 11.5 Å². The number of hydrogen-bond acceptors (Lipinski definition) is 3. The Balaban J connectivity index is 1.37. The number of benzene rings is 3. The van der Waals surface area contributed by atoms with E-state index in [2.05, 4.69) is 5.32 Å². The Morgan fingerprint density at radius 2 is 1.71 bits per heavy atom. The number of ether oxygens (including phenoxy) is 1. The summed E-state index contributed by atoms with van der Waals surface area (Å²) in [5.74, 6) is 0.571. The van der Waals surface area contributed by atoms with E-state index in [4.69, 9.17) is 16.3 Å². The lowest BCUT2D eigenvalue weighted by Gasteiger charge is -2.30. The summed E-state index contributed by atoms with van der Waals surface area (Å²) in [6.45, 7) is 0.397. The predicted octanol–water partition coefficient (Wildman–Crippen LogP) is 5.98. The molecule has 1 fully saturated rings. The number of hydrogen-bond donors (Lipinski definition) is 1. The minimum atomic E-state index is -0.225. The molecule has 0 bridgehead atoms. The molecule has 5 nitrogen and oxygen atoms in total. The molecule has 0 aromatic heterocycles. The monoisotopic (exact) mass is 472 g/mol. The van der Waals surface area contributed by atoms with Crippen LogP contribution in [0.1, 0.15) is 47.2 Å². The van der Waals surface area contributed by atoms with Crippen molar-refractivity contribution in [2.75, 3.05) is 4.90 Å². The second-order valence-corrected chi connectivity index (χ2v) is 9.11. The molecule has 0 spiro atoms. The number of carbonyl (C=O) groups excluding carboxylic acids is 2. The van der Waals surface area contributed by atoms with Crippen molar-refractivity contribution in [3.05, 3.63) is 100 Å². The predicted molar refractivity (Wildman–Crippen MR) is 134 cm³/mol. The van der Waals surface area contributed by atoms with Crippen LogP contribution >= 0.6 is 11.6 Å². The average molecular weight is 473 g/mol. The largest absolute Gasteiger partial charge is 0.449 e. The first-order valence-corrected chi connectivity index (χ1v) is 11.9. The van der Waals surface area contributed by atoms with Crippen molar-refractivity contribution in [3.63, 3.8) is 0 Å². The lowest BCUT2D eigenvalue weighted by atomic mass is 10.1. The first-order valence-electron chi connectivity index (χ1n) is 11.5. The molecule has 2 aliphatic rings. The third-order valence-electron chi connectivity index (χ3n) is 6.25. The summed E-state index contributed by atoms with van der Waals surface area (Å²) in [6, 6.07) is 22.4. The molecule has 2 amide bonds. The van der Waals surface area contributed by atoms with E-state index < -0.39 is 0 Å². The molecule has 0 atom stereocenters. The van der Waals surface area contributed by atoms with E-state index in [1.165, 1.54) is 12.8 Å². The highest BCUT2D eigenvalue weighted by Gasteiger charge is 2.30. The number of carbonyl (C=O) groups is 2. The molecular formula is C28H25ClN2O3. The van der Waals surface area contributed by atoms with Gasteiger partial charge in [-0.2, -0.15) is 0 Å². The second-order valence-electron chi connectivity index (χ2n) is 8.67. The summed E-state index contributed by atoms with van der Waals surface area (Å²) >= 11 is 6.02. The van der Waals surface area contributed by atoms with Crippen molar-refractivity contribution < 1.29 is 14.3 Å². The van der Waals surface area contributed by atoms with Gasteiger partial charge in [-0.15, -0.1) is 0 Å². The van der Waals surface area contributed by atoms with Gasteiger partial charge < -0.3 is 10.1 Å². The van der Waals surface area contributed by atoms with E-state index in [1.807, 2.05) is 60.7 Å². The molecule has 1 heterocycles. The van der Waals surface area contributed by atoms with Gasteiger partial charge in [0.25, 0.3) is 11.8 Å². The van der Waals surface area contributed by atoms with E-state index in [9.17, 15) is 9.59 Å². The number of fused-ring (bicyclic) bond motifs is 1. The van der Waals surface area contributed by atoms with Crippen LogP contribution in [-0.4, -0.2) is 17.9 Å². The van der Waals surface area contributed by atoms with E-state index in [1.54, 1.807) is 23.1 Å². The number of halogens is 1. The van der Waals surface area contributed by atoms with Crippen molar-refractivity contribution in [2.45, 2.75) is 38.3 Å². The fourth-order valence-electron chi connectivity index (χ4n) is 4.41. The standard InChI is InChI=1S/C28H25ClN2O3/c29-22-15-11-20(12-16-22)18-31-24-7-3-4-8-25(24)34-26(28(31)33)17-19-9-13-21(14-10-19)27(32)30-23-5-1-2-6-23/h3-4,7-17,23H,1-2,5-6,18H2,(H,30,32). The molecule has 34 heavy (non-hydrogen) atoms. The van der Waals surface area contributed by atoms with Crippen molar-refractivity contribution in [3.8, 4) is 5.75 Å². The molecule has 0 saturated heterocycles. The van der Waals surface area contributed by atoms with Crippen molar-refractivity contribution in [1.82, 2.24) is 5.32 Å². The fraction of sp³-hybridized carbons (Fsp3) is 0.214. The summed E-state index contributed by atoms with van der Waals surface area (Å²) in [4.78, 5) is 27.6. The topological polar surface area (TPSA) is 58.6 Å². The molecule has 172 valence electrons. The van der Waals surface area contributed by atoms with Crippen LogP contribution in [0.4, 0.5) is 5.69 Å². The molecule has 6 heteroatoms. The van der Waals surface area contributed by atoms with Gasteiger partial charge in [0.2, 0.25) is 0 Å². The second kappa shape index (κ2) is 9.74. The van der Waals surface area contributed by atoms with E-state index >= 15 is 0 Å². The zero-order valence-electron chi connectivity index (χ0n) is 18.7. The van der Waals surface area contributed by atoms with Crippen LogP contribution in [0.5, 0.6) is 5.75 Å². The highest BCUT2D eigenvalue weighted by molar-refractivity contribution is 6.30. The highest BCUT2D eigenvalue weighted by atomic mass is 35.5. The lowest BCUT2D eigenvalue weighted by Crippen LogP contribution is -2.36. The Hall–Kier alpha value is -3.57. The van der Waals surface area contributed by atoms with Crippen LogP contribution < -0.4 is 15.0 Å². The van der Waals surface area contributed by atoms with Gasteiger partial charge in [0.05, 0.1) is 12.2 Å². The summed E-state index contributed by atoms with van der Waals surface area (Å²) < 4.78 is 5.97. The fourth-order valence-corrected chi connectivity index (χ4v) is 4.54. The van der Waals surface area contributed by atoms with E-state index in [0.29, 0.717) is 22.9 Å². The van der Waals surface area contributed by atoms with Crippen LogP contribution in [0.15, 0.2) is 78.6 Å². The van der Waals surface area contributed by atoms with Gasteiger partial charge in [0, 0.05) is 16.6 Å². The molecule has 0 unspecified atom stereocenters. The van der Waals surface area contributed by atoms with Gasteiger partial charge in [0.1, 0.15) is 0 Å². The minimum Gasteiger partial charge on any atom is -0.449 e. The van der Waals surface area contributed by atoms with Crippen LogP contribution in [0.3, 0.4) is 0 Å². The third kappa shape index (κ3) is 4.85. The lowest BCUT2D eigenvalue weighted by molar-refractivity contribution is -0.117. The summed E-state index contributed by atoms with van der Waals surface area (Å²) in [5.41, 5.74) is 3.08. The molecule has 3 aromatic carbocycles. The molecule has 1 N–H and O–H groups in total. The van der Waals surface area contributed by atoms with Crippen LogP contribution in [0.2, 0.25) is 5.02 Å². The van der Waals surface area contributed by atoms with Crippen molar-refractivity contribution in [1.29, 1.82) is 0 Å². The molecule has 3 aromatic rings. The quantitative estimate of drug-likeness (QED) is 0.465. The summed E-state index contributed by atoms with van der Waals surface area (Å²) in [6.07, 6.45) is 6.14. The normalized spacial score (nSPS) is 16.9. The van der Waals surface area contributed by atoms with Gasteiger partial charge >= 0.3 is 0 Å². The Morgan fingerprint density at radius 1 is 1.00 bits per heavy atom.